The number of aliphatic carboxylic acids is 2. The van der Waals surface area contributed by atoms with Gasteiger partial charge in [0.15, 0.2) is 0 Å². The van der Waals surface area contributed by atoms with Crippen LogP contribution in [0.25, 0.3) is 0 Å². The second-order valence-corrected chi connectivity index (χ2v) is 3.29. The zero-order valence-corrected chi connectivity index (χ0v) is 9.42. The predicted octanol–water partition coefficient (Wildman–Crippen LogP) is -2.05. The number of nitrogens with zero attached hydrogens (tertiary/aromatic N) is 1. The molecule has 0 bridgehead atoms. The van der Waals surface area contributed by atoms with Gasteiger partial charge in [0.25, 0.3) is 0 Å². The van der Waals surface area contributed by atoms with Crippen LogP contribution in [0.2, 0.25) is 0 Å². The zero-order valence-electron chi connectivity index (χ0n) is 9.42. The summed E-state index contributed by atoms with van der Waals surface area (Å²) in [5.41, 5.74) is 0. The Hall–Kier alpha value is -1.67. The van der Waals surface area contributed by atoms with Crippen LogP contribution < -0.4 is 5.32 Å². The largest absolute Gasteiger partial charge is 0.480 e. The fourth-order valence-electron chi connectivity index (χ4n) is 1.28. The molecule has 1 amide bonds. The van der Waals surface area contributed by atoms with E-state index in [4.69, 9.17) is 15.3 Å². The molecule has 0 rings (SSSR count). The normalized spacial score (nSPS) is 12.2. The fraction of sp³-hybridized carbons (Fsp3) is 0.667. The van der Waals surface area contributed by atoms with Gasteiger partial charge in [-0.2, -0.15) is 0 Å². The molecule has 0 saturated heterocycles. The van der Waals surface area contributed by atoms with Gasteiger partial charge in [-0.25, -0.2) is 0 Å². The highest BCUT2D eigenvalue weighted by Crippen LogP contribution is 1.99. The molecule has 0 aliphatic carbocycles. The minimum absolute atomic E-state index is 0.309. The summed E-state index contributed by atoms with van der Waals surface area (Å²) >= 11 is 0. The van der Waals surface area contributed by atoms with Crippen LogP contribution in [0.3, 0.4) is 0 Å². The van der Waals surface area contributed by atoms with Gasteiger partial charge in [0, 0.05) is 6.54 Å². The smallest absolute Gasteiger partial charge is 0.317 e. The summed E-state index contributed by atoms with van der Waals surface area (Å²) in [6.45, 7) is 0.0596. The number of aliphatic hydroxyl groups is 1. The minimum atomic E-state index is -1.27. The molecule has 0 aliphatic rings. The summed E-state index contributed by atoms with van der Waals surface area (Å²) in [7, 11) is 0. The van der Waals surface area contributed by atoms with E-state index in [1.807, 2.05) is 0 Å². The van der Waals surface area contributed by atoms with Crippen LogP contribution in [0.4, 0.5) is 0 Å². The standard InChI is InChI=1S/C9H16N2O6/c1-2-10-9(17)6(5-12)11(3-7(13)14)4-8(15)16/h6,12H,2-5H2,1H3,(H,10,17)(H,13,14)(H,15,16). The van der Waals surface area contributed by atoms with E-state index in [9.17, 15) is 14.4 Å². The van der Waals surface area contributed by atoms with Gasteiger partial charge in [0.05, 0.1) is 19.7 Å². The third-order valence-electron chi connectivity index (χ3n) is 1.94. The number of aliphatic hydroxyl groups excluding tert-OH is 1. The highest BCUT2D eigenvalue weighted by atomic mass is 16.4. The number of carboxylic acids is 2. The molecule has 0 heterocycles. The van der Waals surface area contributed by atoms with Gasteiger partial charge in [0.1, 0.15) is 6.04 Å². The average molecular weight is 248 g/mol. The molecule has 8 nitrogen and oxygen atoms in total. The molecule has 0 saturated carbocycles. The quantitative estimate of drug-likeness (QED) is 0.389. The van der Waals surface area contributed by atoms with E-state index in [0.29, 0.717) is 6.54 Å². The fourth-order valence-corrected chi connectivity index (χ4v) is 1.28. The number of rotatable bonds is 8. The SMILES string of the molecule is CCNC(=O)C(CO)N(CC(=O)O)CC(=O)O. The molecule has 0 aromatic heterocycles. The van der Waals surface area contributed by atoms with Crippen molar-refractivity contribution in [1.82, 2.24) is 10.2 Å². The lowest BCUT2D eigenvalue weighted by atomic mass is 10.2. The Morgan fingerprint density at radius 3 is 1.94 bits per heavy atom. The first-order valence-corrected chi connectivity index (χ1v) is 4.98. The second-order valence-electron chi connectivity index (χ2n) is 3.29. The maximum Gasteiger partial charge on any atom is 0.317 e. The first-order valence-electron chi connectivity index (χ1n) is 4.98. The predicted molar refractivity (Wildman–Crippen MR) is 56.4 cm³/mol. The first-order chi connectivity index (χ1) is 7.92. The molecule has 1 atom stereocenters. The maximum absolute atomic E-state index is 11.5. The number of likely N-dealkylation sites (N-methyl/N-ethyl adjacent to an activating group) is 1. The van der Waals surface area contributed by atoms with Crippen molar-refractivity contribution >= 4 is 17.8 Å². The molecule has 0 aromatic carbocycles. The van der Waals surface area contributed by atoms with Gasteiger partial charge < -0.3 is 20.6 Å². The van der Waals surface area contributed by atoms with Crippen molar-refractivity contribution in [1.29, 1.82) is 0 Å². The molecule has 0 fully saturated rings. The lowest BCUT2D eigenvalue weighted by Gasteiger charge is -2.26. The van der Waals surface area contributed by atoms with Crippen LogP contribution in [-0.2, 0) is 14.4 Å². The Bertz CT molecular complexity index is 277. The molecular formula is C9H16N2O6. The molecule has 4 N–H and O–H groups in total. The van der Waals surface area contributed by atoms with Crippen LogP contribution in [0, 0.1) is 0 Å². The molecule has 1 unspecified atom stereocenters. The van der Waals surface area contributed by atoms with Crippen molar-refractivity contribution in [2.24, 2.45) is 0 Å². The number of hydrogen-bond donors (Lipinski definition) is 4. The summed E-state index contributed by atoms with van der Waals surface area (Å²) in [6, 6.07) is -1.18. The molecular weight excluding hydrogens is 232 g/mol. The Kier molecular flexibility index (Phi) is 6.83. The molecule has 0 spiro atoms. The van der Waals surface area contributed by atoms with Gasteiger partial charge in [-0.05, 0) is 6.92 Å². The average Bonchev–Trinajstić information content (AvgIpc) is 2.16. The van der Waals surface area contributed by atoms with Crippen molar-refractivity contribution in [3.8, 4) is 0 Å². The van der Waals surface area contributed by atoms with E-state index in [1.165, 1.54) is 0 Å². The molecule has 0 aromatic rings. The number of nitrogens with one attached hydrogen (secondary N) is 1. The van der Waals surface area contributed by atoms with Gasteiger partial charge in [0.2, 0.25) is 5.91 Å². The molecule has 0 aliphatic heterocycles. The van der Waals surface area contributed by atoms with Crippen molar-refractivity contribution in [2.75, 3.05) is 26.2 Å². The topological polar surface area (TPSA) is 127 Å². The van der Waals surface area contributed by atoms with Crippen LogP contribution in [0.15, 0.2) is 0 Å². The number of carbonyl (C=O) groups excluding carboxylic acids is 1. The number of amides is 1. The zero-order chi connectivity index (χ0) is 13.4. The van der Waals surface area contributed by atoms with Crippen LogP contribution in [-0.4, -0.2) is 70.3 Å². The second kappa shape index (κ2) is 7.58. The third-order valence-corrected chi connectivity index (χ3v) is 1.94. The number of carbonyl (C=O) groups is 3. The Labute approximate surface area is 97.8 Å². The van der Waals surface area contributed by atoms with Gasteiger partial charge in [-0.3, -0.25) is 19.3 Å². The maximum atomic E-state index is 11.5. The van der Waals surface area contributed by atoms with E-state index >= 15 is 0 Å². The summed E-state index contributed by atoms with van der Waals surface area (Å²) in [5, 5.41) is 28.6. The molecule has 8 heteroatoms. The van der Waals surface area contributed by atoms with Crippen molar-refractivity contribution < 1.29 is 29.7 Å². The summed E-state index contributed by atoms with van der Waals surface area (Å²) in [4.78, 5) is 33.5. The summed E-state index contributed by atoms with van der Waals surface area (Å²) in [5.74, 6) is -3.14. The Morgan fingerprint density at radius 2 is 1.65 bits per heavy atom. The van der Waals surface area contributed by atoms with Crippen molar-refractivity contribution in [2.45, 2.75) is 13.0 Å². The van der Waals surface area contributed by atoms with Gasteiger partial charge in [-0.15, -0.1) is 0 Å². The minimum Gasteiger partial charge on any atom is -0.480 e. The van der Waals surface area contributed by atoms with Gasteiger partial charge in [-0.1, -0.05) is 0 Å². The molecule has 98 valence electrons. The third kappa shape index (κ3) is 5.83. The van der Waals surface area contributed by atoms with Crippen molar-refractivity contribution in [3.05, 3.63) is 0 Å². The van der Waals surface area contributed by atoms with E-state index in [2.05, 4.69) is 5.32 Å². The first kappa shape index (κ1) is 15.3. The van der Waals surface area contributed by atoms with Crippen LogP contribution in [0.1, 0.15) is 6.92 Å². The summed E-state index contributed by atoms with van der Waals surface area (Å²) < 4.78 is 0. The molecule has 0 radical (unpaired) electrons. The van der Waals surface area contributed by atoms with E-state index in [0.717, 1.165) is 4.90 Å². The number of carboxylic acid groups (broad SMARTS) is 2. The molecule has 17 heavy (non-hydrogen) atoms. The highest BCUT2D eigenvalue weighted by Gasteiger charge is 2.28. The van der Waals surface area contributed by atoms with E-state index in [1.54, 1.807) is 6.92 Å². The van der Waals surface area contributed by atoms with E-state index < -0.39 is 43.6 Å². The Morgan fingerprint density at radius 1 is 1.18 bits per heavy atom. The number of hydrogen-bond acceptors (Lipinski definition) is 5. The lowest BCUT2D eigenvalue weighted by molar-refractivity contribution is -0.144. The monoisotopic (exact) mass is 248 g/mol. The summed E-state index contributed by atoms with van der Waals surface area (Å²) in [6.07, 6.45) is 0. The Balaban J connectivity index is 4.75. The lowest BCUT2D eigenvalue weighted by Crippen LogP contribution is -2.52. The van der Waals surface area contributed by atoms with Crippen LogP contribution in [0.5, 0.6) is 0 Å². The van der Waals surface area contributed by atoms with Gasteiger partial charge >= 0.3 is 11.9 Å². The van der Waals surface area contributed by atoms with E-state index in [-0.39, 0.29) is 0 Å². The highest BCUT2D eigenvalue weighted by molar-refractivity contribution is 5.83. The van der Waals surface area contributed by atoms with Crippen LogP contribution >= 0.6 is 0 Å². The van der Waals surface area contributed by atoms with Crippen molar-refractivity contribution in [3.63, 3.8) is 0 Å².